The molecule has 0 saturated carbocycles. The van der Waals surface area contributed by atoms with Gasteiger partial charge in [-0.1, -0.05) is 6.07 Å². The van der Waals surface area contributed by atoms with E-state index in [1.807, 2.05) is 37.1 Å². The highest BCUT2D eigenvalue weighted by Crippen LogP contribution is 2.31. The van der Waals surface area contributed by atoms with Crippen molar-refractivity contribution < 1.29 is 14.6 Å². The van der Waals surface area contributed by atoms with E-state index in [4.69, 9.17) is 20.3 Å². The van der Waals surface area contributed by atoms with Crippen LogP contribution < -0.4 is 15.2 Å². The number of hydrogen-bond donors (Lipinski definition) is 2. The molecular formula is C14H24N2O3. The van der Waals surface area contributed by atoms with Crippen molar-refractivity contribution in [2.24, 2.45) is 5.73 Å². The highest BCUT2D eigenvalue weighted by atomic mass is 16.5. The van der Waals surface area contributed by atoms with Crippen molar-refractivity contribution >= 4 is 0 Å². The quantitative estimate of drug-likeness (QED) is 0.736. The third-order valence-electron chi connectivity index (χ3n) is 3.09. The maximum absolute atomic E-state index is 9.05. The Kier molecular flexibility index (Phi) is 6.62. The SMILES string of the molecule is CCOc1cc(OC)ccc1C(CN)N(C)CCO. The van der Waals surface area contributed by atoms with Crippen LogP contribution in [0.1, 0.15) is 18.5 Å². The van der Waals surface area contributed by atoms with Crippen molar-refractivity contribution in [1.82, 2.24) is 4.90 Å². The molecule has 0 fully saturated rings. The third-order valence-corrected chi connectivity index (χ3v) is 3.09. The summed E-state index contributed by atoms with van der Waals surface area (Å²) in [7, 11) is 3.57. The van der Waals surface area contributed by atoms with Gasteiger partial charge in [-0.15, -0.1) is 0 Å². The van der Waals surface area contributed by atoms with Crippen LogP contribution >= 0.6 is 0 Å². The van der Waals surface area contributed by atoms with Gasteiger partial charge in [0.05, 0.1) is 26.4 Å². The van der Waals surface area contributed by atoms with E-state index in [1.165, 1.54) is 0 Å². The van der Waals surface area contributed by atoms with Crippen molar-refractivity contribution in [2.45, 2.75) is 13.0 Å². The van der Waals surface area contributed by atoms with Crippen molar-refractivity contribution in [3.05, 3.63) is 23.8 Å². The summed E-state index contributed by atoms with van der Waals surface area (Å²) in [6.07, 6.45) is 0. The molecule has 0 aliphatic carbocycles. The van der Waals surface area contributed by atoms with E-state index in [2.05, 4.69) is 0 Å². The van der Waals surface area contributed by atoms with E-state index in [9.17, 15) is 0 Å². The molecule has 3 N–H and O–H groups in total. The Morgan fingerprint density at radius 1 is 1.42 bits per heavy atom. The summed E-state index contributed by atoms with van der Waals surface area (Å²) in [5.74, 6) is 1.54. The molecule has 1 aromatic rings. The Labute approximate surface area is 114 Å². The van der Waals surface area contributed by atoms with Crippen molar-refractivity contribution in [1.29, 1.82) is 0 Å². The first kappa shape index (κ1) is 15.8. The summed E-state index contributed by atoms with van der Waals surface area (Å²) < 4.78 is 10.9. The second-order valence-electron chi connectivity index (χ2n) is 4.29. The number of aliphatic hydroxyl groups is 1. The number of rotatable bonds is 8. The summed E-state index contributed by atoms with van der Waals surface area (Å²) in [5, 5.41) is 9.05. The lowest BCUT2D eigenvalue weighted by Gasteiger charge is -2.28. The molecule has 1 unspecified atom stereocenters. The molecule has 1 atom stereocenters. The van der Waals surface area contributed by atoms with Gasteiger partial charge in [-0.05, 0) is 20.0 Å². The molecule has 0 amide bonds. The number of nitrogens with two attached hydrogens (primary N) is 1. The van der Waals surface area contributed by atoms with Crippen LogP contribution in [0.2, 0.25) is 0 Å². The van der Waals surface area contributed by atoms with Gasteiger partial charge in [0.25, 0.3) is 0 Å². The standard InChI is InChI=1S/C14H24N2O3/c1-4-19-14-9-11(18-3)5-6-12(14)13(10-15)16(2)7-8-17/h5-6,9,13,17H,4,7-8,10,15H2,1-3H3. The summed E-state index contributed by atoms with van der Waals surface area (Å²) in [6, 6.07) is 5.75. The fourth-order valence-electron chi connectivity index (χ4n) is 2.06. The zero-order valence-corrected chi connectivity index (χ0v) is 11.9. The van der Waals surface area contributed by atoms with Crippen LogP contribution in [0.4, 0.5) is 0 Å². The van der Waals surface area contributed by atoms with Gasteiger partial charge in [0, 0.05) is 24.7 Å². The molecule has 0 spiro atoms. The average molecular weight is 268 g/mol. The molecule has 0 bridgehead atoms. The second kappa shape index (κ2) is 7.99. The van der Waals surface area contributed by atoms with Gasteiger partial charge in [0.2, 0.25) is 0 Å². The minimum Gasteiger partial charge on any atom is -0.497 e. The van der Waals surface area contributed by atoms with Gasteiger partial charge in [-0.3, -0.25) is 4.90 Å². The fraction of sp³-hybridized carbons (Fsp3) is 0.571. The van der Waals surface area contributed by atoms with Gasteiger partial charge >= 0.3 is 0 Å². The molecule has 5 nitrogen and oxygen atoms in total. The minimum absolute atomic E-state index is 0.0135. The number of ether oxygens (including phenoxy) is 2. The molecule has 108 valence electrons. The largest absolute Gasteiger partial charge is 0.497 e. The first-order valence-corrected chi connectivity index (χ1v) is 6.49. The highest BCUT2D eigenvalue weighted by Gasteiger charge is 2.19. The van der Waals surface area contributed by atoms with Crippen LogP contribution in [0.5, 0.6) is 11.5 Å². The Morgan fingerprint density at radius 3 is 2.68 bits per heavy atom. The summed E-state index contributed by atoms with van der Waals surface area (Å²) in [4.78, 5) is 2.02. The van der Waals surface area contributed by atoms with E-state index < -0.39 is 0 Å². The lowest BCUT2D eigenvalue weighted by atomic mass is 10.0. The fourth-order valence-corrected chi connectivity index (χ4v) is 2.06. The topological polar surface area (TPSA) is 68.0 Å². The van der Waals surface area contributed by atoms with Crippen LogP contribution in [0.15, 0.2) is 18.2 Å². The Morgan fingerprint density at radius 2 is 2.16 bits per heavy atom. The number of likely N-dealkylation sites (N-methyl/N-ethyl adjacent to an activating group) is 1. The van der Waals surface area contributed by atoms with E-state index in [1.54, 1.807) is 7.11 Å². The molecule has 1 rings (SSSR count). The highest BCUT2D eigenvalue weighted by molar-refractivity contribution is 5.42. The zero-order valence-electron chi connectivity index (χ0n) is 11.9. The number of hydrogen-bond acceptors (Lipinski definition) is 5. The lowest BCUT2D eigenvalue weighted by molar-refractivity contribution is 0.180. The van der Waals surface area contributed by atoms with E-state index in [0.717, 1.165) is 17.1 Å². The van der Waals surface area contributed by atoms with E-state index in [0.29, 0.717) is 19.7 Å². The number of aliphatic hydroxyl groups excluding tert-OH is 1. The van der Waals surface area contributed by atoms with Crippen LogP contribution in [-0.2, 0) is 0 Å². The molecule has 0 saturated heterocycles. The molecule has 0 radical (unpaired) electrons. The first-order chi connectivity index (χ1) is 9.17. The molecule has 0 aromatic heterocycles. The van der Waals surface area contributed by atoms with Gasteiger partial charge in [-0.25, -0.2) is 0 Å². The Balaban J connectivity index is 3.07. The monoisotopic (exact) mass is 268 g/mol. The minimum atomic E-state index is 0.0135. The predicted molar refractivity (Wildman–Crippen MR) is 75.7 cm³/mol. The third kappa shape index (κ3) is 4.09. The maximum atomic E-state index is 9.05. The van der Waals surface area contributed by atoms with Gasteiger partial charge in [0.15, 0.2) is 0 Å². The molecule has 5 heteroatoms. The molecule has 0 aliphatic heterocycles. The van der Waals surface area contributed by atoms with E-state index in [-0.39, 0.29) is 12.6 Å². The molecule has 1 aromatic carbocycles. The van der Waals surface area contributed by atoms with Gasteiger partial charge in [-0.2, -0.15) is 0 Å². The van der Waals surface area contributed by atoms with Crippen LogP contribution in [0.25, 0.3) is 0 Å². The molecule has 0 aliphatic rings. The predicted octanol–water partition coefficient (Wildman–Crippen LogP) is 1.02. The average Bonchev–Trinajstić information content (AvgIpc) is 2.41. The van der Waals surface area contributed by atoms with Crippen LogP contribution in [-0.4, -0.2) is 50.5 Å². The number of nitrogens with zero attached hydrogens (tertiary/aromatic N) is 1. The van der Waals surface area contributed by atoms with Crippen molar-refractivity contribution in [3.63, 3.8) is 0 Å². The van der Waals surface area contributed by atoms with Crippen molar-refractivity contribution in [2.75, 3.05) is 40.5 Å². The first-order valence-electron chi connectivity index (χ1n) is 6.49. The van der Waals surface area contributed by atoms with Crippen LogP contribution in [0, 0.1) is 0 Å². The van der Waals surface area contributed by atoms with Gasteiger partial charge < -0.3 is 20.3 Å². The molecule has 0 heterocycles. The van der Waals surface area contributed by atoms with Gasteiger partial charge in [0.1, 0.15) is 11.5 Å². The number of benzene rings is 1. The Bertz CT molecular complexity index is 385. The van der Waals surface area contributed by atoms with Crippen molar-refractivity contribution in [3.8, 4) is 11.5 Å². The summed E-state index contributed by atoms with van der Waals surface area (Å²) in [5.41, 5.74) is 6.88. The van der Waals surface area contributed by atoms with Crippen LogP contribution in [0.3, 0.4) is 0 Å². The second-order valence-corrected chi connectivity index (χ2v) is 4.29. The Hall–Kier alpha value is -1.30. The smallest absolute Gasteiger partial charge is 0.127 e. The summed E-state index contributed by atoms with van der Waals surface area (Å²) in [6.45, 7) is 3.66. The molecule has 19 heavy (non-hydrogen) atoms. The lowest BCUT2D eigenvalue weighted by Crippen LogP contribution is -2.33. The van der Waals surface area contributed by atoms with E-state index >= 15 is 0 Å². The molecular weight excluding hydrogens is 244 g/mol. The number of methoxy groups -OCH3 is 1. The maximum Gasteiger partial charge on any atom is 0.127 e. The zero-order chi connectivity index (χ0) is 14.3. The summed E-state index contributed by atoms with van der Waals surface area (Å²) >= 11 is 0. The normalized spacial score (nSPS) is 12.5.